The molecule has 0 saturated carbocycles. The zero-order chi connectivity index (χ0) is 9.56. The molecule has 4 radical (unpaired) electrons. The summed E-state index contributed by atoms with van der Waals surface area (Å²) in [4.78, 5) is 21.0. The van der Waals surface area contributed by atoms with Gasteiger partial charge in [0, 0.05) is 36.9 Å². The summed E-state index contributed by atoms with van der Waals surface area (Å²) in [5, 5.41) is 10.9. The molecule has 1 amide bonds. The van der Waals surface area contributed by atoms with Crippen molar-refractivity contribution in [1.29, 1.82) is 0 Å². The Labute approximate surface area is 94.0 Å². The maximum absolute atomic E-state index is 10.8. The second-order valence-corrected chi connectivity index (χ2v) is 2.44. The number of aliphatic carboxylic acids is 1. The normalized spacial score (nSPS) is 11.2. The minimum absolute atomic E-state index is 0. The molecule has 0 aliphatic carbocycles. The molecule has 0 fully saturated rings. The zero-order valence-corrected chi connectivity index (χ0v) is 10.4. The predicted molar refractivity (Wildman–Crippen MR) is 49.3 cm³/mol. The van der Waals surface area contributed by atoms with Gasteiger partial charge in [0.25, 0.3) is 0 Å². The summed E-state index contributed by atoms with van der Waals surface area (Å²) < 4.78 is 0. The van der Waals surface area contributed by atoms with Gasteiger partial charge in [-0.1, -0.05) is 0 Å². The fraction of sp³-hybridized carbons (Fsp3) is 0.714. The van der Waals surface area contributed by atoms with Gasteiger partial charge in [0.05, 0.1) is 0 Å². The SMILES string of the molecule is CCNC(=O)CC[C@H](N)C(=O)O.[Sn]. The van der Waals surface area contributed by atoms with Crippen LogP contribution in [0.1, 0.15) is 19.8 Å². The second-order valence-electron chi connectivity index (χ2n) is 2.44. The number of carbonyl (C=O) groups excluding carboxylic acids is 1. The summed E-state index contributed by atoms with van der Waals surface area (Å²) in [5.74, 6) is -1.23. The molecular weight excluding hydrogens is 279 g/mol. The Morgan fingerprint density at radius 3 is 2.46 bits per heavy atom. The molecule has 0 saturated heterocycles. The van der Waals surface area contributed by atoms with Gasteiger partial charge in [0.15, 0.2) is 0 Å². The van der Waals surface area contributed by atoms with Crippen LogP contribution >= 0.6 is 0 Å². The van der Waals surface area contributed by atoms with Crippen LogP contribution in [0.2, 0.25) is 0 Å². The Morgan fingerprint density at radius 1 is 1.54 bits per heavy atom. The molecule has 0 aromatic heterocycles. The van der Waals surface area contributed by atoms with E-state index in [4.69, 9.17) is 10.8 Å². The van der Waals surface area contributed by atoms with Crippen molar-refractivity contribution in [2.45, 2.75) is 25.8 Å². The van der Waals surface area contributed by atoms with Gasteiger partial charge in [0.2, 0.25) is 5.91 Å². The van der Waals surface area contributed by atoms with E-state index in [1.807, 2.05) is 0 Å². The molecule has 74 valence electrons. The topological polar surface area (TPSA) is 92.4 Å². The van der Waals surface area contributed by atoms with Crippen molar-refractivity contribution < 1.29 is 14.7 Å². The van der Waals surface area contributed by atoms with Crippen LogP contribution in [0.25, 0.3) is 0 Å². The van der Waals surface area contributed by atoms with Crippen molar-refractivity contribution in [3.63, 3.8) is 0 Å². The van der Waals surface area contributed by atoms with Gasteiger partial charge in [-0.3, -0.25) is 9.59 Å². The molecule has 0 heterocycles. The van der Waals surface area contributed by atoms with Crippen molar-refractivity contribution >= 4 is 35.8 Å². The summed E-state index contributed by atoms with van der Waals surface area (Å²) in [6, 6.07) is -0.937. The largest absolute Gasteiger partial charge is 0.480 e. The van der Waals surface area contributed by atoms with Gasteiger partial charge >= 0.3 is 5.97 Å². The number of nitrogens with one attached hydrogen (secondary N) is 1. The number of rotatable bonds is 5. The maximum atomic E-state index is 10.8. The second kappa shape index (κ2) is 8.30. The van der Waals surface area contributed by atoms with Crippen molar-refractivity contribution in [2.24, 2.45) is 5.73 Å². The van der Waals surface area contributed by atoms with Gasteiger partial charge in [-0.2, -0.15) is 0 Å². The molecule has 4 N–H and O–H groups in total. The minimum Gasteiger partial charge on any atom is -0.480 e. The van der Waals surface area contributed by atoms with E-state index in [-0.39, 0.29) is 42.7 Å². The molecule has 13 heavy (non-hydrogen) atoms. The van der Waals surface area contributed by atoms with E-state index in [1.54, 1.807) is 6.92 Å². The third-order valence-electron chi connectivity index (χ3n) is 1.37. The third-order valence-corrected chi connectivity index (χ3v) is 1.37. The Bertz CT molecular complexity index is 175. The smallest absolute Gasteiger partial charge is 0.320 e. The molecule has 1 atom stereocenters. The van der Waals surface area contributed by atoms with E-state index < -0.39 is 12.0 Å². The number of nitrogens with two attached hydrogens (primary N) is 1. The van der Waals surface area contributed by atoms with Crippen LogP contribution in [0.3, 0.4) is 0 Å². The predicted octanol–water partition coefficient (Wildman–Crippen LogP) is -1.07. The average molecular weight is 293 g/mol. The fourth-order valence-electron chi connectivity index (χ4n) is 0.696. The van der Waals surface area contributed by atoms with Gasteiger partial charge in [-0.25, -0.2) is 0 Å². The summed E-state index contributed by atoms with van der Waals surface area (Å²) in [6.45, 7) is 2.36. The first-order valence-electron chi connectivity index (χ1n) is 3.83. The van der Waals surface area contributed by atoms with E-state index in [2.05, 4.69) is 5.32 Å². The number of hydrogen-bond donors (Lipinski definition) is 3. The van der Waals surface area contributed by atoms with Crippen molar-refractivity contribution in [3.8, 4) is 0 Å². The van der Waals surface area contributed by atoms with E-state index >= 15 is 0 Å². The minimum atomic E-state index is -1.07. The average Bonchev–Trinajstić information content (AvgIpc) is 2.00. The summed E-state index contributed by atoms with van der Waals surface area (Å²) >= 11 is 0. The van der Waals surface area contributed by atoms with E-state index in [9.17, 15) is 9.59 Å². The van der Waals surface area contributed by atoms with Crippen molar-refractivity contribution in [2.75, 3.05) is 6.54 Å². The number of carboxylic acids is 1. The van der Waals surface area contributed by atoms with Crippen LogP contribution in [0, 0.1) is 0 Å². The molecule has 0 bridgehead atoms. The van der Waals surface area contributed by atoms with Gasteiger partial charge in [-0.15, -0.1) is 0 Å². The zero-order valence-electron chi connectivity index (χ0n) is 7.54. The van der Waals surface area contributed by atoms with E-state index in [1.165, 1.54) is 0 Å². The molecule has 5 nitrogen and oxygen atoms in total. The molecular formula is C7H14N2O3Sn. The maximum Gasteiger partial charge on any atom is 0.320 e. The van der Waals surface area contributed by atoms with Crippen LogP contribution in [0.4, 0.5) is 0 Å². The molecule has 0 rings (SSSR count). The van der Waals surface area contributed by atoms with Crippen LogP contribution in [-0.4, -0.2) is 53.5 Å². The van der Waals surface area contributed by atoms with Gasteiger partial charge in [-0.05, 0) is 13.3 Å². The number of carboxylic acid groups (broad SMARTS) is 1. The first-order valence-corrected chi connectivity index (χ1v) is 3.83. The third kappa shape index (κ3) is 8.04. The molecule has 0 aliphatic heterocycles. The van der Waals surface area contributed by atoms with Gasteiger partial charge < -0.3 is 16.2 Å². The van der Waals surface area contributed by atoms with Gasteiger partial charge in [0.1, 0.15) is 6.04 Å². The fourth-order valence-corrected chi connectivity index (χ4v) is 0.696. The van der Waals surface area contributed by atoms with Crippen LogP contribution in [0.15, 0.2) is 0 Å². The molecule has 0 aromatic rings. The van der Waals surface area contributed by atoms with Crippen molar-refractivity contribution in [3.05, 3.63) is 0 Å². The molecule has 0 aliphatic rings. The number of carbonyl (C=O) groups is 2. The first-order chi connectivity index (χ1) is 5.57. The molecule has 0 aromatic carbocycles. The number of amides is 1. The Hall–Kier alpha value is -0.301. The van der Waals surface area contributed by atoms with E-state index in [0.717, 1.165) is 0 Å². The van der Waals surface area contributed by atoms with E-state index in [0.29, 0.717) is 6.54 Å². The Balaban J connectivity index is 0. The Morgan fingerprint density at radius 2 is 2.08 bits per heavy atom. The molecule has 0 spiro atoms. The van der Waals surface area contributed by atoms with Crippen molar-refractivity contribution in [1.82, 2.24) is 5.32 Å². The quantitative estimate of drug-likeness (QED) is 0.563. The summed E-state index contributed by atoms with van der Waals surface area (Å²) in [5.41, 5.74) is 5.18. The summed E-state index contributed by atoms with van der Waals surface area (Å²) in [7, 11) is 0. The van der Waals surface area contributed by atoms with Crippen LogP contribution in [0.5, 0.6) is 0 Å². The number of hydrogen-bond acceptors (Lipinski definition) is 3. The molecule has 6 heteroatoms. The van der Waals surface area contributed by atoms with Crippen LogP contribution in [-0.2, 0) is 9.59 Å². The standard InChI is InChI=1S/C7H14N2O3.Sn/c1-2-9-6(10)4-3-5(8)7(11)12;/h5H,2-4,8H2,1H3,(H,9,10)(H,11,12);/t5-;/m0./s1. The monoisotopic (exact) mass is 294 g/mol. The van der Waals surface area contributed by atoms with Crippen LogP contribution < -0.4 is 11.1 Å². The first kappa shape index (κ1) is 15.2. The Kier molecular flexibility index (Phi) is 9.70. The molecule has 0 unspecified atom stereocenters. The summed E-state index contributed by atoms with van der Waals surface area (Å²) in [6.07, 6.45) is 0.350.